The van der Waals surface area contributed by atoms with E-state index in [1.165, 1.54) is 0 Å². The van der Waals surface area contributed by atoms with E-state index in [0.717, 1.165) is 30.0 Å². The van der Waals surface area contributed by atoms with E-state index in [4.69, 9.17) is 14.2 Å². The predicted octanol–water partition coefficient (Wildman–Crippen LogP) is 3.09. The van der Waals surface area contributed by atoms with Crippen LogP contribution in [-0.4, -0.2) is 55.6 Å². The Morgan fingerprint density at radius 2 is 1.62 bits per heavy atom. The fourth-order valence-electron chi connectivity index (χ4n) is 2.48. The van der Waals surface area contributed by atoms with Crippen molar-refractivity contribution >= 4 is 0 Å². The Kier molecular flexibility index (Phi) is 9.11. The third-order valence-corrected chi connectivity index (χ3v) is 4.08. The summed E-state index contributed by atoms with van der Waals surface area (Å²) in [5.41, 5.74) is 1.10. The van der Waals surface area contributed by atoms with Crippen LogP contribution in [0.2, 0.25) is 0 Å². The number of hydrogen-bond acceptors (Lipinski definition) is 5. The summed E-state index contributed by atoms with van der Waals surface area (Å²) in [4.78, 5) is 2.27. The number of hydrogen-bond donors (Lipinski definition) is 1. The van der Waals surface area contributed by atoms with Crippen molar-refractivity contribution in [1.82, 2.24) is 4.90 Å². The molecular formula is C19H33NO4. The van der Waals surface area contributed by atoms with Gasteiger partial charge in [-0.1, -0.05) is 6.92 Å². The van der Waals surface area contributed by atoms with Gasteiger partial charge in [-0.3, -0.25) is 4.90 Å². The Morgan fingerprint density at radius 3 is 2.08 bits per heavy atom. The second-order valence-electron chi connectivity index (χ2n) is 6.44. The molecule has 0 fully saturated rings. The maximum Gasteiger partial charge on any atom is 0.122 e. The molecule has 0 saturated heterocycles. The molecule has 0 aliphatic rings. The first-order valence-electron chi connectivity index (χ1n) is 8.65. The summed E-state index contributed by atoms with van der Waals surface area (Å²) in [6.07, 6.45) is 0.632. The smallest absolute Gasteiger partial charge is 0.122 e. The van der Waals surface area contributed by atoms with E-state index in [2.05, 4.69) is 18.7 Å². The highest BCUT2D eigenvalue weighted by molar-refractivity contribution is 5.38. The molecule has 24 heavy (non-hydrogen) atoms. The molecule has 0 aromatic heterocycles. The Hall–Kier alpha value is -1.30. The summed E-state index contributed by atoms with van der Waals surface area (Å²) < 4.78 is 16.2. The summed E-state index contributed by atoms with van der Waals surface area (Å²) in [6, 6.07) is 6.24. The van der Waals surface area contributed by atoms with Crippen molar-refractivity contribution in [2.45, 2.75) is 58.9 Å². The lowest BCUT2D eigenvalue weighted by molar-refractivity contribution is -0.0149. The zero-order valence-corrected chi connectivity index (χ0v) is 15.9. The van der Waals surface area contributed by atoms with Gasteiger partial charge in [0.1, 0.15) is 11.5 Å². The number of rotatable bonds is 11. The Morgan fingerprint density at radius 1 is 1.04 bits per heavy atom. The number of benzene rings is 1. The lowest BCUT2D eigenvalue weighted by Gasteiger charge is -2.31. The van der Waals surface area contributed by atoms with Crippen molar-refractivity contribution in [3.05, 3.63) is 23.8 Å². The molecule has 0 spiro atoms. The van der Waals surface area contributed by atoms with Gasteiger partial charge >= 0.3 is 0 Å². The lowest BCUT2D eigenvalue weighted by atomic mass is 10.1. The van der Waals surface area contributed by atoms with Gasteiger partial charge in [0, 0.05) is 25.2 Å². The van der Waals surface area contributed by atoms with Crippen molar-refractivity contribution < 1.29 is 19.3 Å². The monoisotopic (exact) mass is 339 g/mol. The van der Waals surface area contributed by atoms with E-state index in [0.29, 0.717) is 19.2 Å². The number of ether oxygens (including phenoxy) is 3. The van der Waals surface area contributed by atoms with Gasteiger partial charge in [0.2, 0.25) is 0 Å². The van der Waals surface area contributed by atoms with Crippen LogP contribution >= 0.6 is 0 Å². The molecule has 0 radical (unpaired) electrons. The SMILES string of the molecule is CC[C@H](C)N(Cc1cc(OC)cc(OC)c1)C[C@@H](O)COC(C)C. The molecule has 1 N–H and O–H groups in total. The summed E-state index contributed by atoms with van der Waals surface area (Å²) in [6.45, 7) is 9.92. The molecule has 0 unspecified atom stereocenters. The van der Waals surface area contributed by atoms with E-state index in [1.54, 1.807) is 14.2 Å². The second kappa shape index (κ2) is 10.5. The Labute approximate surface area is 146 Å². The Balaban J connectivity index is 2.82. The third kappa shape index (κ3) is 7.07. The largest absolute Gasteiger partial charge is 0.497 e. The maximum absolute atomic E-state index is 10.3. The van der Waals surface area contributed by atoms with Crippen LogP contribution in [0.4, 0.5) is 0 Å². The van der Waals surface area contributed by atoms with Gasteiger partial charge in [-0.15, -0.1) is 0 Å². The van der Waals surface area contributed by atoms with Crippen LogP contribution < -0.4 is 9.47 Å². The molecule has 1 aromatic carbocycles. The van der Waals surface area contributed by atoms with Gasteiger partial charge in [0.25, 0.3) is 0 Å². The molecule has 0 aliphatic carbocycles. The van der Waals surface area contributed by atoms with E-state index in [-0.39, 0.29) is 6.10 Å². The van der Waals surface area contributed by atoms with Gasteiger partial charge < -0.3 is 19.3 Å². The van der Waals surface area contributed by atoms with Crippen molar-refractivity contribution in [3.63, 3.8) is 0 Å². The standard InChI is InChI=1S/C19H33NO4/c1-7-15(4)20(12-17(21)13-24-14(2)3)11-16-8-18(22-5)10-19(9-16)23-6/h8-10,14-15,17,21H,7,11-13H2,1-6H3/t15-,17+/m0/s1. The molecule has 0 saturated carbocycles. The second-order valence-corrected chi connectivity index (χ2v) is 6.44. The first kappa shape index (κ1) is 20.7. The average Bonchev–Trinajstić information content (AvgIpc) is 2.58. The third-order valence-electron chi connectivity index (χ3n) is 4.08. The lowest BCUT2D eigenvalue weighted by Crippen LogP contribution is -2.40. The molecule has 2 atom stereocenters. The van der Waals surface area contributed by atoms with Crippen LogP contribution in [0.25, 0.3) is 0 Å². The molecule has 5 heteroatoms. The van der Waals surface area contributed by atoms with E-state index >= 15 is 0 Å². The number of aliphatic hydroxyl groups excluding tert-OH is 1. The minimum atomic E-state index is -0.506. The summed E-state index contributed by atoms with van der Waals surface area (Å²) in [5, 5.41) is 10.3. The van der Waals surface area contributed by atoms with E-state index in [9.17, 15) is 5.11 Å². The first-order valence-corrected chi connectivity index (χ1v) is 8.65. The molecular weight excluding hydrogens is 306 g/mol. The van der Waals surface area contributed by atoms with Gasteiger partial charge in [0.05, 0.1) is 33.0 Å². The van der Waals surface area contributed by atoms with Crippen LogP contribution in [0.1, 0.15) is 39.7 Å². The molecule has 1 rings (SSSR count). The summed E-state index contributed by atoms with van der Waals surface area (Å²) >= 11 is 0. The highest BCUT2D eigenvalue weighted by atomic mass is 16.5. The first-order chi connectivity index (χ1) is 11.4. The van der Waals surface area contributed by atoms with Crippen molar-refractivity contribution in [1.29, 1.82) is 0 Å². The molecule has 1 aromatic rings. The van der Waals surface area contributed by atoms with E-state index in [1.807, 2.05) is 32.0 Å². The van der Waals surface area contributed by atoms with E-state index < -0.39 is 6.10 Å². The topological polar surface area (TPSA) is 51.2 Å². The summed E-state index contributed by atoms with van der Waals surface area (Å²) in [7, 11) is 3.30. The molecule has 0 bridgehead atoms. The zero-order valence-electron chi connectivity index (χ0n) is 15.9. The highest BCUT2D eigenvalue weighted by Crippen LogP contribution is 2.24. The molecule has 0 heterocycles. The summed E-state index contributed by atoms with van der Waals surface area (Å²) in [5.74, 6) is 1.55. The van der Waals surface area contributed by atoms with Gasteiger partial charge in [-0.25, -0.2) is 0 Å². The van der Waals surface area contributed by atoms with Gasteiger partial charge in [-0.05, 0) is 44.9 Å². The molecule has 138 valence electrons. The minimum absolute atomic E-state index is 0.124. The predicted molar refractivity (Wildman–Crippen MR) is 96.8 cm³/mol. The fourth-order valence-corrected chi connectivity index (χ4v) is 2.48. The van der Waals surface area contributed by atoms with Gasteiger partial charge in [0.15, 0.2) is 0 Å². The van der Waals surface area contributed by atoms with Crippen LogP contribution in [0.5, 0.6) is 11.5 Å². The van der Waals surface area contributed by atoms with Crippen LogP contribution in [0.3, 0.4) is 0 Å². The number of methoxy groups -OCH3 is 2. The van der Waals surface area contributed by atoms with Crippen LogP contribution in [0.15, 0.2) is 18.2 Å². The van der Waals surface area contributed by atoms with Crippen molar-refractivity contribution in [2.75, 3.05) is 27.4 Å². The van der Waals surface area contributed by atoms with Crippen LogP contribution in [0, 0.1) is 0 Å². The quantitative estimate of drug-likeness (QED) is 0.671. The molecule has 5 nitrogen and oxygen atoms in total. The van der Waals surface area contributed by atoms with Crippen molar-refractivity contribution in [3.8, 4) is 11.5 Å². The minimum Gasteiger partial charge on any atom is -0.497 e. The van der Waals surface area contributed by atoms with Crippen LogP contribution in [-0.2, 0) is 11.3 Å². The van der Waals surface area contributed by atoms with Crippen molar-refractivity contribution in [2.24, 2.45) is 0 Å². The molecule has 0 aliphatic heterocycles. The highest BCUT2D eigenvalue weighted by Gasteiger charge is 2.18. The average molecular weight is 339 g/mol. The van der Waals surface area contributed by atoms with Gasteiger partial charge in [-0.2, -0.15) is 0 Å². The fraction of sp³-hybridized carbons (Fsp3) is 0.684. The number of nitrogens with zero attached hydrogens (tertiary/aromatic N) is 1. The maximum atomic E-state index is 10.3. The molecule has 0 amide bonds. The number of aliphatic hydroxyl groups is 1. The normalized spacial score (nSPS) is 14.0. The zero-order chi connectivity index (χ0) is 18.1. The Bertz CT molecular complexity index is 456.